The predicted molar refractivity (Wildman–Crippen MR) is 49.2 cm³/mol. The van der Waals surface area contributed by atoms with E-state index in [-0.39, 0.29) is 12.5 Å². The summed E-state index contributed by atoms with van der Waals surface area (Å²) in [5.41, 5.74) is 0. The van der Waals surface area contributed by atoms with Gasteiger partial charge in [-0.2, -0.15) is 13.2 Å². The molecule has 1 atom stereocenters. The first-order chi connectivity index (χ1) is 6.45. The third-order valence-electron chi connectivity index (χ3n) is 1.90. The quantitative estimate of drug-likeness (QED) is 0.655. The van der Waals surface area contributed by atoms with Crippen molar-refractivity contribution >= 4 is 0 Å². The second-order valence-electron chi connectivity index (χ2n) is 3.32. The van der Waals surface area contributed by atoms with Crippen LogP contribution in [-0.2, 0) is 4.74 Å². The highest BCUT2D eigenvalue weighted by Crippen LogP contribution is 2.21. The number of alkyl halides is 3. The van der Waals surface area contributed by atoms with E-state index in [0.717, 1.165) is 0 Å². The van der Waals surface area contributed by atoms with Crippen LogP contribution in [-0.4, -0.2) is 32.5 Å². The van der Waals surface area contributed by atoms with E-state index in [9.17, 15) is 13.2 Å². The normalized spacial score (nSPS) is 14.4. The van der Waals surface area contributed by atoms with Crippen LogP contribution in [0.2, 0.25) is 0 Å². The van der Waals surface area contributed by atoms with Gasteiger partial charge in [0, 0.05) is 20.1 Å². The third kappa shape index (κ3) is 9.80. The lowest BCUT2D eigenvalue weighted by Gasteiger charge is -2.10. The molecule has 0 aromatic heterocycles. The summed E-state index contributed by atoms with van der Waals surface area (Å²) in [6.45, 7) is 3.20. The van der Waals surface area contributed by atoms with Crippen molar-refractivity contribution in [1.82, 2.24) is 5.32 Å². The summed E-state index contributed by atoms with van der Waals surface area (Å²) >= 11 is 0. The topological polar surface area (TPSA) is 21.3 Å². The Kier molecular flexibility index (Phi) is 6.92. The van der Waals surface area contributed by atoms with Crippen molar-refractivity contribution in [3.05, 3.63) is 0 Å². The molecule has 0 fully saturated rings. The molecule has 0 rings (SSSR count). The van der Waals surface area contributed by atoms with Gasteiger partial charge in [-0.05, 0) is 26.3 Å². The van der Waals surface area contributed by atoms with Crippen LogP contribution in [0.4, 0.5) is 13.2 Å². The molecule has 2 nitrogen and oxygen atoms in total. The van der Waals surface area contributed by atoms with Crippen molar-refractivity contribution in [3.63, 3.8) is 0 Å². The van der Waals surface area contributed by atoms with Gasteiger partial charge in [0.1, 0.15) is 0 Å². The number of ether oxygens (including phenoxy) is 1. The molecule has 1 N–H and O–H groups in total. The number of methoxy groups -OCH3 is 1. The van der Waals surface area contributed by atoms with Crippen molar-refractivity contribution in [2.45, 2.75) is 38.5 Å². The van der Waals surface area contributed by atoms with Gasteiger partial charge in [0.2, 0.25) is 0 Å². The van der Waals surface area contributed by atoms with Crippen molar-refractivity contribution < 1.29 is 17.9 Å². The lowest BCUT2D eigenvalue weighted by Crippen LogP contribution is -2.26. The Hall–Kier alpha value is -0.290. The number of nitrogens with one attached hydrogen (secondary N) is 1. The Labute approximate surface area is 82.8 Å². The summed E-state index contributed by atoms with van der Waals surface area (Å²) in [7, 11) is 1.61. The predicted octanol–water partition coefficient (Wildman–Crippen LogP) is 2.34. The van der Waals surface area contributed by atoms with Gasteiger partial charge >= 0.3 is 6.18 Å². The number of hydrogen-bond donors (Lipinski definition) is 1. The maximum absolute atomic E-state index is 11.7. The summed E-state index contributed by atoms with van der Waals surface area (Å²) in [6.07, 6.45) is -3.85. The molecule has 0 spiro atoms. The lowest BCUT2D eigenvalue weighted by atomic mass is 10.2. The maximum atomic E-state index is 11.7. The van der Waals surface area contributed by atoms with E-state index in [0.29, 0.717) is 19.5 Å². The van der Waals surface area contributed by atoms with Crippen LogP contribution in [0.25, 0.3) is 0 Å². The molecule has 86 valence electrons. The van der Waals surface area contributed by atoms with E-state index < -0.39 is 12.6 Å². The number of rotatable bonds is 7. The molecule has 0 bridgehead atoms. The Morgan fingerprint density at radius 3 is 2.43 bits per heavy atom. The molecule has 0 aromatic rings. The standard InChI is InChI=1S/C9H18F3NO/c1-8(14-2)7-13-6-4-3-5-9(10,11)12/h8,13H,3-7H2,1-2H3. The molecule has 0 aliphatic rings. The monoisotopic (exact) mass is 213 g/mol. The first kappa shape index (κ1) is 13.7. The van der Waals surface area contributed by atoms with Gasteiger partial charge in [0.05, 0.1) is 6.10 Å². The number of unbranched alkanes of at least 4 members (excludes halogenated alkanes) is 1. The molecule has 0 saturated heterocycles. The van der Waals surface area contributed by atoms with Crippen LogP contribution in [0.15, 0.2) is 0 Å². The fourth-order valence-electron chi connectivity index (χ4n) is 0.964. The van der Waals surface area contributed by atoms with Gasteiger partial charge in [-0.1, -0.05) is 0 Å². The summed E-state index contributed by atoms with van der Waals surface area (Å²) in [4.78, 5) is 0. The minimum atomic E-state index is -4.01. The Balaban J connectivity index is 3.14. The summed E-state index contributed by atoms with van der Waals surface area (Å²) in [5, 5.41) is 3.03. The van der Waals surface area contributed by atoms with Crippen molar-refractivity contribution in [2.24, 2.45) is 0 Å². The van der Waals surface area contributed by atoms with E-state index in [2.05, 4.69) is 5.32 Å². The fraction of sp³-hybridized carbons (Fsp3) is 1.00. The molecular formula is C9H18F3NO. The van der Waals surface area contributed by atoms with E-state index in [1.165, 1.54) is 0 Å². The van der Waals surface area contributed by atoms with Crippen LogP contribution in [0.1, 0.15) is 26.2 Å². The van der Waals surface area contributed by atoms with Crippen molar-refractivity contribution in [3.8, 4) is 0 Å². The van der Waals surface area contributed by atoms with Gasteiger partial charge < -0.3 is 10.1 Å². The van der Waals surface area contributed by atoms with E-state index >= 15 is 0 Å². The van der Waals surface area contributed by atoms with Gasteiger partial charge in [0.25, 0.3) is 0 Å². The van der Waals surface area contributed by atoms with Crippen LogP contribution in [0.5, 0.6) is 0 Å². The van der Waals surface area contributed by atoms with Crippen molar-refractivity contribution in [2.75, 3.05) is 20.2 Å². The lowest BCUT2D eigenvalue weighted by molar-refractivity contribution is -0.135. The summed E-state index contributed by atoms with van der Waals surface area (Å²) in [6, 6.07) is 0. The molecule has 0 aromatic carbocycles. The highest BCUT2D eigenvalue weighted by atomic mass is 19.4. The Bertz CT molecular complexity index is 139. The van der Waals surface area contributed by atoms with Gasteiger partial charge in [-0.25, -0.2) is 0 Å². The molecule has 14 heavy (non-hydrogen) atoms. The van der Waals surface area contributed by atoms with E-state index in [4.69, 9.17) is 4.74 Å². The second kappa shape index (κ2) is 7.06. The minimum absolute atomic E-state index is 0.109. The Morgan fingerprint density at radius 2 is 1.93 bits per heavy atom. The van der Waals surface area contributed by atoms with E-state index in [1.54, 1.807) is 7.11 Å². The van der Waals surface area contributed by atoms with Gasteiger partial charge in [-0.3, -0.25) is 0 Å². The molecular weight excluding hydrogens is 195 g/mol. The first-order valence-electron chi connectivity index (χ1n) is 4.76. The SMILES string of the molecule is COC(C)CNCCCCC(F)(F)F. The van der Waals surface area contributed by atoms with Crippen LogP contribution < -0.4 is 5.32 Å². The Morgan fingerprint density at radius 1 is 1.29 bits per heavy atom. The smallest absolute Gasteiger partial charge is 0.380 e. The van der Waals surface area contributed by atoms with E-state index in [1.807, 2.05) is 6.92 Å². The molecule has 5 heteroatoms. The molecule has 0 radical (unpaired) electrons. The van der Waals surface area contributed by atoms with Gasteiger partial charge in [0.15, 0.2) is 0 Å². The zero-order valence-electron chi connectivity index (χ0n) is 8.66. The average molecular weight is 213 g/mol. The first-order valence-corrected chi connectivity index (χ1v) is 4.76. The van der Waals surface area contributed by atoms with Crippen LogP contribution in [0, 0.1) is 0 Å². The van der Waals surface area contributed by atoms with Gasteiger partial charge in [-0.15, -0.1) is 0 Å². The summed E-state index contributed by atoms with van der Waals surface area (Å²) in [5.74, 6) is 0. The molecule has 0 amide bonds. The summed E-state index contributed by atoms with van der Waals surface area (Å²) < 4.78 is 40.1. The average Bonchev–Trinajstić information content (AvgIpc) is 2.08. The highest BCUT2D eigenvalue weighted by Gasteiger charge is 2.25. The maximum Gasteiger partial charge on any atom is 0.389 e. The number of halogens is 3. The largest absolute Gasteiger partial charge is 0.389 e. The zero-order chi connectivity index (χ0) is 11.0. The molecule has 0 heterocycles. The third-order valence-corrected chi connectivity index (χ3v) is 1.90. The van der Waals surface area contributed by atoms with Crippen molar-refractivity contribution in [1.29, 1.82) is 0 Å². The molecule has 1 unspecified atom stereocenters. The highest BCUT2D eigenvalue weighted by molar-refractivity contribution is 4.56. The fourth-order valence-corrected chi connectivity index (χ4v) is 0.964. The second-order valence-corrected chi connectivity index (χ2v) is 3.32. The minimum Gasteiger partial charge on any atom is -0.380 e. The zero-order valence-corrected chi connectivity index (χ0v) is 8.66. The molecule has 0 saturated carbocycles. The number of hydrogen-bond acceptors (Lipinski definition) is 2. The van der Waals surface area contributed by atoms with Crippen LogP contribution >= 0.6 is 0 Å². The molecule has 0 aliphatic carbocycles. The molecule has 0 aliphatic heterocycles. The van der Waals surface area contributed by atoms with Crippen LogP contribution in [0.3, 0.4) is 0 Å².